The van der Waals surface area contributed by atoms with Gasteiger partial charge < -0.3 is 14.6 Å². The molecule has 0 bridgehead atoms. The van der Waals surface area contributed by atoms with E-state index in [0.29, 0.717) is 13.2 Å². The van der Waals surface area contributed by atoms with Crippen molar-refractivity contribution >= 4 is 11.3 Å². The van der Waals surface area contributed by atoms with Crippen molar-refractivity contribution in [2.45, 2.75) is 13.0 Å². The molecule has 3 nitrogen and oxygen atoms in total. The highest BCUT2D eigenvalue weighted by molar-refractivity contribution is 7.10. The summed E-state index contributed by atoms with van der Waals surface area (Å²) in [5.41, 5.74) is 0.939. The molecule has 1 aromatic rings. The zero-order valence-corrected chi connectivity index (χ0v) is 10.2. The summed E-state index contributed by atoms with van der Waals surface area (Å²) in [4.78, 5) is 1.15. The van der Waals surface area contributed by atoms with E-state index in [4.69, 9.17) is 14.6 Å². The topological polar surface area (TPSA) is 38.7 Å². The Morgan fingerprint density at radius 2 is 2.31 bits per heavy atom. The van der Waals surface area contributed by atoms with Crippen molar-refractivity contribution in [3.05, 3.63) is 21.9 Å². The molecule has 0 aliphatic rings. The van der Waals surface area contributed by atoms with Gasteiger partial charge in [-0.3, -0.25) is 0 Å². The highest BCUT2D eigenvalue weighted by atomic mass is 32.1. The predicted octanol–water partition coefficient (Wildman–Crippen LogP) is 1.65. The van der Waals surface area contributed by atoms with E-state index < -0.39 is 0 Å². The minimum absolute atomic E-state index is 0.0985. The van der Waals surface area contributed by atoms with E-state index in [1.54, 1.807) is 18.4 Å². The lowest BCUT2D eigenvalue weighted by Gasteiger charge is -2.01. The largest absolute Gasteiger partial charge is 0.385 e. The van der Waals surface area contributed by atoms with Crippen LogP contribution >= 0.6 is 11.3 Å². The molecule has 0 aromatic carbocycles. The molecule has 0 unspecified atom stereocenters. The van der Waals surface area contributed by atoms with E-state index in [0.717, 1.165) is 23.5 Å². The van der Waals surface area contributed by atoms with Crippen LogP contribution in [-0.2, 0) is 16.1 Å². The smallest absolute Gasteiger partial charge is 0.104 e. The first-order chi connectivity index (χ1) is 7.86. The van der Waals surface area contributed by atoms with E-state index in [1.165, 1.54) is 0 Å². The first kappa shape index (κ1) is 13.2. The van der Waals surface area contributed by atoms with Crippen LogP contribution in [0.4, 0.5) is 0 Å². The lowest BCUT2D eigenvalue weighted by atomic mass is 10.3. The van der Waals surface area contributed by atoms with Gasteiger partial charge in [0.25, 0.3) is 0 Å². The fraction of sp³-hybridized carbons (Fsp3) is 0.500. The van der Waals surface area contributed by atoms with E-state index in [9.17, 15) is 0 Å². The maximum Gasteiger partial charge on any atom is 0.104 e. The number of aliphatic hydroxyl groups is 1. The van der Waals surface area contributed by atoms with E-state index in [-0.39, 0.29) is 6.61 Å². The molecule has 0 aliphatic carbocycles. The van der Waals surface area contributed by atoms with Crippen molar-refractivity contribution in [3.63, 3.8) is 0 Å². The van der Waals surface area contributed by atoms with Gasteiger partial charge in [-0.15, -0.1) is 11.3 Å². The maximum atomic E-state index is 8.55. The number of methoxy groups -OCH3 is 1. The van der Waals surface area contributed by atoms with Gasteiger partial charge in [0.2, 0.25) is 0 Å². The Morgan fingerprint density at radius 1 is 1.44 bits per heavy atom. The Labute approximate surface area is 100 Å². The number of aliphatic hydroxyl groups excluding tert-OH is 1. The van der Waals surface area contributed by atoms with E-state index >= 15 is 0 Å². The van der Waals surface area contributed by atoms with Crippen molar-refractivity contribution in [3.8, 4) is 11.8 Å². The van der Waals surface area contributed by atoms with Crippen LogP contribution in [-0.4, -0.2) is 32.0 Å². The van der Waals surface area contributed by atoms with E-state index in [1.807, 2.05) is 11.4 Å². The third-order valence-corrected chi connectivity index (χ3v) is 2.76. The van der Waals surface area contributed by atoms with E-state index in [2.05, 4.69) is 11.8 Å². The summed E-state index contributed by atoms with van der Waals surface area (Å²) in [7, 11) is 1.69. The fourth-order valence-corrected chi connectivity index (χ4v) is 1.89. The molecule has 0 spiro atoms. The quantitative estimate of drug-likeness (QED) is 0.607. The summed E-state index contributed by atoms with van der Waals surface area (Å²) < 4.78 is 10.4. The van der Waals surface area contributed by atoms with Crippen molar-refractivity contribution in [1.29, 1.82) is 0 Å². The van der Waals surface area contributed by atoms with Crippen LogP contribution in [0.5, 0.6) is 0 Å². The monoisotopic (exact) mass is 240 g/mol. The molecule has 4 heteroatoms. The Morgan fingerprint density at radius 3 is 3.06 bits per heavy atom. The highest BCUT2D eigenvalue weighted by Crippen LogP contribution is 2.14. The standard InChI is InChI=1S/C12H16O3S/c1-14-6-3-7-15-9-12-8-11(10-16-12)4-2-5-13/h8,10,13H,3,5-7,9H2,1H3. The van der Waals surface area contributed by atoms with Gasteiger partial charge in [-0.25, -0.2) is 0 Å². The summed E-state index contributed by atoms with van der Waals surface area (Å²) in [6.07, 6.45) is 0.916. The van der Waals surface area contributed by atoms with Crippen LogP contribution < -0.4 is 0 Å². The van der Waals surface area contributed by atoms with Crippen LogP contribution in [0.3, 0.4) is 0 Å². The summed E-state index contributed by atoms with van der Waals surface area (Å²) in [6, 6.07) is 1.99. The number of thiophene rings is 1. The van der Waals surface area contributed by atoms with Crippen LogP contribution in [0.25, 0.3) is 0 Å². The van der Waals surface area contributed by atoms with Gasteiger partial charge in [-0.05, 0) is 12.5 Å². The Balaban J connectivity index is 2.24. The molecule has 0 amide bonds. The van der Waals surface area contributed by atoms with Gasteiger partial charge in [0, 0.05) is 36.1 Å². The van der Waals surface area contributed by atoms with Gasteiger partial charge >= 0.3 is 0 Å². The fourth-order valence-electron chi connectivity index (χ4n) is 1.14. The van der Waals surface area contributed by atoms with Crippen molar-refractivity contribution in [2.75, 3.05) is 26.9 Å². The van der Waals surface area contributed by atoms with Crippen LogP contribution in [0, 0.1) is 11.8 Å². The zero-order valence-electron chi connectivity index (χ0n) is 9.36. The minimum atomic E-state index is -0.0985. The summed E-state index contributed by atoms with van der Waals surface area (Å²) >= 11 is 1.62. The summed E-state index contributed by atoms with van der Waals surface area (Å²) in [5, 5.41) is 10.5. The zero-order chi connectivity index (χ0) is 11.6. The number of hydrogen-bond donors (Lipinski definition) is 1. The lowest BCUT2D eigenvalue weighted by Crippen LogP contribution is -1.98. The molecular weight excluding hydrogens is 224 g/mol. The van der Waals surface area contributed by atoms with Crippen LogP contribution in [0.15, 0.2) is 11.4 Å². The van der Waals surface area contributed by atoms with Crippen molar-refractivity contribution < 1.29 is 14.6 Å². The number of rotatable bonds is 6. The van der Waals surface area contributed by atoms with Crippen LogP contribution in [0.1, 0.15) is 16.9 Å². The Kier molecular flexibility index (Phi) is 6.86. The van der Waals surface area contributed by atoms with Gasteiger partial charge in [-0.2, -0.15) is 0 Å². The third kappa shape index (κ3) is 5.29. The second kappa shape index (κ2) is 8.31. The third-order valence-electron chi connectivity index (χ3n) is 1.85. The number of hydrogen-bond acceptors (Lipinski definition) is 4. The molecule has 88 valence electrons. The van der Waals surface area contributed by atoms with Crippen molar-refractivity contribution in [1.82, 2.24) is 0 Å². The normalized spacial score (nSPS) is 9.88. The molecule has 1 heterocycles. The predicted molar refractivity (Wildman–Crippen MR) is 64.4 cm³/mol. The SMILES string of the molecule is COCCCOCc1cc(C#CCO)cs1. The Hall–Kier alpha value is -0.860. The average molecular weight is 240 g/mol. The second-order valence-electron chi connectivity index (χ2n) is 3.16. The average Bonchev–Trinajstić information content (AvgIpc) is 2.74. The van der Waals surface area contributed by atoms with Gasteiger partial charge in [0.05, 0.1) is 6.61 Å². The summed E-state index contributed by atoms with van der Waals surface area (Å²) in [5.74, 6) is 5.48. The second-order valence-corrected chi connectivity index (χ2v) is 4.16. The minimum Gasteiger partial charge on any atom is -0.385 e. The maximum absolute atomic E-state index is 8.55. The lowest BCUT2D eigenvalue weighted by molar-refractivity contribution is 0.0943. The highest BCUT2D eigenvalue weighted by Gasteiger charge is 1.97. The van der Waals surface area contributed by atoms with Crippen LogP contribution in [0.2, 0.25) is 0 Å². The molecule has 0 fully saturated rings. The number of ether oxygens (including phenoxy) is 2. The molecular formula is C12H16O3S. The summed E-state index contributed by atoms with van der Waals surface area (Å²) in [6.45, 7) is 1.97. The molecule has 0 radical (unpaired) electrons. The van der Waals surface area contributed by atoms with Gasteiger partial charge in [0.1, 0.15) is 6.61 Å². The first-order valence-electron chi connectivity index (χ1n) is 5.10. The molecule has 1 N–H and O–H groups in total. The molecule has 0 saturated heterocycles. The Bertz CT molecular complexity index is 349. The molecule has 1 rings (SSSR count). The molecule has 16 heavy (non-hydrogen) atoms. The molecule has 0 atom stereocenters. The molecule has 0 aliphatic heterocycles. The molecule has 0 saturated carbocycles. The first-order valence-corrected chi connectivity index (χ1v) is 5.98. The van der Waals surface area contributed by atoms with Crippen molar-refractivity contribution in [2.24, 2.45) is 0 Å². The molecule has 1 aromatic heterocycles. The van der Waals surface area contributed by atoms with Gasteiger partial charge in [-0.1, -0.05) is 11.8 Å². The van der Waals surface area contributed by atoms with Gasteiger partial charge in [0.15, 0.2) is 0 Å².